The minimum Gasteiger partial charge on any atom is -0.490 e. The van der Waals surface area contributed by atoms with Crippen molar-refractivity contribution < 1.29 is 27.4 Å². The number of rotatable bonds is 7. The molecule has 0 spiro atoms. The molecule has 0 bridgehead atoms. The maximum absolute atomic E-state index is 12.4. The minimum absolute atomic E-state index is 0.0521. The van der Waals surface area contributed by atoms with Crippen LogP contribution in [0, 0.1) is 6.92 Å². The zero-order valence-electron chi connectivity index (χ0n) is 15.6. The smallest absolute Gasteiger partial charge is 0.307 e. The Morgan fingerprint density at radius 3 is 2.54 bits per heavy atom. The van der Waals surface area contributed by atoms with E-state index in [2.05, 4.69) is 4.72 Å². The zero-order valence-corrected chi connectivity index (χ0v) is 16.5. The van der Waals surface area contributed by atoms with Crippen LogP contribution in [-0.4, -0.2) is 34.1 Å². The van der Waals surface area contributed by atoms with Crippen molar-refractivity contribution in [3.63, 3.8) is 0 Å². The molecule has 0 unspecified atom stereocenters. The molecule has 0 atom stereocenters. The third kappa shape index (κ3) is 5.46. The standard InChI is InChI=1S/C20H23NO6S/c1-15-3-5-16(6-4-15)14-27-20(22)9-10-21-28(23,24)17-7-8-18-19(13-17)26-12-2-11-25-18/h3-8,13,21H,2,9-12,14H2,1H3. The van der Waals surface area contributed by atoms with Gasteiger partial charge in [-0.2, -0.15) is 0 Å². The number of sulfonamides is 1. The lowest BCUT2D eigenvalue weighted by molar-refractivity contribution is -0.144. The third-order valence-corrected chi connectivity index (χ3v) is 5.63. The summed E-state index contributed by atoms with van der Waals surface area (Å²) in [5.74, 6) is 0.455. The molecule has 28 heavy (non-hydrogen) atoms. The average molecular weight is 405 g/mol. The predicted octanol–water partition coefficient (Wildman–Crippen LogP) is 2.57. The van der Waals surface area contributed by atoms with Gasteiger partial charge in [-0.25, -0.2) is 13.1 Å². The van der Waals surface area contributed by atoms with Crippen LogP contribution in [0.2, 0.25) is 0 Å². The van der Waals surface area contributed by atoms with Gasteiger partial charge in [0.1, 0.15) is 6.61 Å². The Morgan fingerprint density at radius 2 is 1.79 bits per heavy atom. The van der Waals surface area contributed by atoms with Crippen LogP contribution in [0.15, 0.2) is 47.4 Å². The fraction of sp³-hybridized carbons (Fsp3) is 0.350. The van der Waals surface area contributed by atoms with E-state index in [-0.39, 0.29) is 24.5 Å². The quantitative estimate of drug-likeness (QED) is 0.712. The van der Waals surface area contributed by atoms with Gasteiger partial charge in [0.15, 0.2) is 11.5 Å². The molecule has 3 rings (SSSR count). The summed E-state index contributed by atoms with van der Waals surface area (Å²) >= 11 is 0. The molecule has 2 aromatic rings. The SMILES string of the molecule is Cc1ccc(COC(=O)CCNS(=O)(=O)c2ccc3c(c2)OCCCO3)cc1. The molecule has 0 saturated heterocycles. The molecule has 1 heterocycles. The molecule has 0 radical (unpaired) electrons. The van der Waals surface area contributed by atoms with E-state index in [1.807, 2.05) is 31.2 Å². The first-order valence-electron chi connectivity index (χ1n) is 9.04. The molecule has 1 aliphatic rings. The lowest BCUT2D eigenvalue weighted by Gasteiger charge is -2.11. The number of fused-ring (bicyclic) bond motifs is 1. The highest BCUT2D eigenvalue weighted by Gasteiger charge is 2.19. The van der Waals surface area contributed by atoms with Gasteiger partial charge in [0.05, 0.1) is 24.5 Å². The largest absolute Gasteiger partial charge is 0.490 e. The van der Waals surface area contributed by atoms with Gasteiger partial charge in [-0.15, -0.1) is 0 Å². The molecule has 7 nitrogen and oxygen atoms in total. The summed E-state index contributed by atoms with van der Waals surface area (Å²) in [7, 11) is -3.77. The van der Waals surface area contributed by atoms with E-state index in [9.17, 15) is 13.2 Å². The summed E-state index contributed by atoms with van der Waals surface area (Å²) < 4.78 is 43.5. The topological polar surface area (TPSA) is 90.9 Å². The van der Waals surface area contributed by atoms with Gasteiger partial charge >= 0.3 is 5.97 Å². The summed E-state index contributed by atoms with van der Waals surface area (Å²) in [6.45, 7) is 3.08. The molecule has 1 aliphatic heterocycles. The fourth-order valence-electron chi connectivity index (χ4n) is 2.60. The summed E-state index contributed by atoms with van der Waals surface area (Å²) in [4.78, 5) is 11.9. The van der Waals surface area contributed by atoms with Gasteiger partial charge in [0.25, 0.3) is 0 Å². The highest BCUT2D eigenvalue weighted by molar-refractivity contribution is 7.89. The van der Waals surface area contributed by atoms with Gasteiger partial charge < -0.3 is 14.2 Å². The predicted molar refractivity (Wildman–Crippen MR) is 103 cm³/mol. The molecule has 0 aromatic heterocycles. The summed E-state index contributed by atoms with van der Waals surface area (Å²) in [6, 6.07) is 12.1. The van der Waals surface area contributed by atoms with Crippen LogP contribution in [0.3, 0.4) is 0 Å². The van der Waals surface area contributed by atoms with Crippen molar-refractivity contribution >= 4 is 16.0 Å². The van der Waals surface area contributed by atoms with E-state index >= 15 is 0 Å². The van der Waals surface area contributed by atoms with Crippen molar-refractivity contribution in [2.24, 2.45) is 0 Å². The average Bonchev–Trinajstić information content (AvgIpc) is 2.92. The number of benzene rings is 2. The molecule has 8 heteroatoms. The maximum Gasteiger partial charge on any atom is 0.307 e. The number of nitrogens with one attached hydrogen (secondary N) is 1. The molecule has 0 fully saturated rings. The molecule has 0 saturated carbocycles. The third-order valence-electron chi connectivity index (χ3n) is 4.17. The second kappa shape index (κ2) is 9.07. The Kier molecular flexibility index (Phi) is 6.53. The maximum atomic E-state index is 12.4. The number of aryl methyl sites for hydroxylation is 1. The van der Waals surface area contributed by atoms with Gasteiger partial charge in [-0.1, -0.05) is 29.8 Å². The van der Waals surface area contributed by atoms with Gasteiger partial charge in [0, 0.05) is 19.0 Å². The monoisotopic (exact) mass is 405 g/mol. The molecule has 0 aliphatic carbocycles. The van der Waals surface area contributed by atoms with Crippen molar-refractivity contribution in [3.05, 3.63) is 53.6 Å². The summed E-state index contributed by atoms with van der Waals surface area (Å²) in [6.07, 6.45) is 0.676. The Bertz CT molecular complexity index is 924. The van der Waals surface area contributed by atoms with Crippen LogP contribution in [0.1, 0.15) is 24.0 Å². The van der Waals surface area contributed by atoms with Crippen molar-refractivity contribution in [1.82, 2.24) is 4.72 Å². The molecule has 1 N–H and O–H groups in total. The van der Waals surface area contributed by atoms with Crippen LogP contribution >= 0.6 is 0 Å². The first-order chi connectivity index (χ1) is 13.4. The molecule has 150 valence electrons. The van der Waals surface area contributed by atoms with E-state index < -0.39 is 16.0 Å². The number of carbonyl (C=O) groups excluding carboxylic acids is 1. The van der Waals surface area contributed by atoms with Crippen LogP contribution in [0.25, 0.3) is 0 Å². The fourth-order valence-corrected chi connectivity index (χ4v) is 3.65. The number of ether oxygens (including phenoxy) is 3. The Balaban J connectivity index is 1.50. The van der Waals surface area contributed by atoms with E-state index in [0.29, 0.717) is 24.7 Å². The Labute approximate surface area is 164 Å². The van der Waals surface area contributed by atoms with E-state index in [1.54, 1.807) is 6.07 Å². The van der Waals surface area contributed by atoms with E-state index in [1.165, 1.54) is 12.1 Å². The second-order valence-electron chi connectivity index (χ2n) is 6.45. The van der Waals surface area contributed by atoms with Crippen molar-refractivity contribution in [2.75, 3.05) is 19.8 Å². The van der Waals surface area contributed by atoms with Crippen LogP contribution < -0.4 is 14.2 Å². The van der Waals surface area contributed by atoms with Crippen LogP contribution in [0.5, 0.6) is 11.5 Å². The van der Waals surface area contributed by atoms with E-state index in [4.69, 9.17) is 14.2 Å². The van der Waals surface area contributed by atoms with Crippen LogP contribution in [0.4, 0.5) is 0 Å². The lowest BCUT2D eigenvalue weighted by atomic mass is 10.2. The first-order valence-corrected chi connectivity index (χ1v) is 10.5. The summed E-state index contributed by atoms with van der Waals surface area (Å²) in [5, 5.41) is 0. The normalized spacial score (nSPS) is 13.6. The van der Waals surface area contributed by atoms with Gasteiger partial charge in [-0.3, -0.25) is 4.79 Å². The minimum atomic E-state index is -3.77. The molecule has 0 amide bonds. The van der Waals surface area contributed by atoms with Gasteiger partial charge in [-0.05, 0) is 24.6 Å². The molecular formula is C20H23NO6S. The first kappa shape index (κ1) is 20.2. The molecular weight excluding hydrogens is 382 g/mol. The lowest BCUT2D eigenvalue weighted by Crippen LogP contribution is -2.26. The van der Waals surface area contributed by atoms with E-state index in [0.717, 1.165) is 17.5 Å². The molecule has 2 aromatic carbocycles. The van der Waals surface area contributed by atoms with Gasteiger partial charge in [0.2, 0.25) is 10.0 Å². The van der Waals surface area contributed by atoms with Crippen LogP contribution in [-0.2, 0) is 26.2 Å². The Morgan fingerprint density at radius 1 is 1.07 bits per heavy atom. The second-order valence-corrected chi connectivity index (χ2v) is 8.22. The number of carbonyl (C=O) groups is 1. The number of hydrogen-bond acceptors (Lipinski definition) is 6. The number of hydrogen-bond donors (Lipinski definition) is 1. The zero-order chi connectivity index (χ0) is 20.0. The van der Waals surface area contributed by atoms with Crippen molar-refractivity contribution in [1.29, 1.82) is 0 Å². The summed E-state index contributed by atoms with van der Waals surface area (Å²) in [5.41, 5.74) is 2.01. The highest BCUT2D eigenvalue weighted by Crippen LogP contribution is 2.31. The highest BCUT2D eigenvalue weighted by atomic mass is 32.2. The number of esters is 1. The van der Waals surface area contributed by atoms with Crippen molar-refractivity contribution in [3.8, 4) is 11.5 Å². The van der Waals surface area contributed by atoms with Crippen molar-refractivity contribution in [2.45, 2.75) is 31.3 Å². The Hall–Kier alpha value is -2.58.